The molecule has 0 bridgehead atoms. The highest BCUT2D eigenvalue weighted by molar-refractivity contribution is 7.92. The second-order valence-electron chi connectivity index (χ2n) is 5.51. The summed E-state index contributed by atoms with van der Waals surface area (Å²) in [6.07, 6.45) is 1.82. The number of nitrogens with one attached hydrogen (secondary N) is 2. The molecule has 124 valence electrons. The van der Waals surface area contributed by atoms with Gasteiger partial charge in [-0.2, -0.15) is 0 Å². The third kappa shape index (κ3) is 2.71. The van der Waals surface area contributed by atoms with Crippen molar-refractivity contribution in [1.29, 1.82) is 0 Å². The van der Waals surface area contributed by atoms with Crippen LogP contribution in [-0.4, -0.2) is 18.3 Å². The van der Waals surface area contributed by atoms with Gasteiger partial charge in [0, 0.05) is 23.7 Å². The van der Waals surface area contributed by atoms with Gasteiger partial charge in [0.15, 0.2) is 0 Å². The third-order valence-electron chi connectivity index (χ3n) is 3.84. The van der Waals surface area contributed by atoms with Gasteiger partial charge in [0.2, 0.25) is 0 Å². The maximum atomic E-state index is 12.5. The molecule has 0 amide bonds. The van der Waals surface area contributed by atoms with E-state index in [0.29, 0.717) is 11.2 Å². The highest BCUT2D eigenvalue weighted by Crippen LogP contribution is 2.30. The molecule has 0 fully saturated rings. The summed E-state index contributed by atoms with van der Waals surface area (Å²) >= 11 is 0. The zero-order valence-corrected chi connectivity index (χ0v) is 13.8. The molecule has 0 aliphatic rings. The Labute approximate surface area is 138 Å². The minimum Gasteiger partial charge on any atom is -0.359 e. The second kappa shape index (κ2) is 5.64. The summed E-state index contributed by atoms with van der Waals surface area (Å²) in [6, 6.07) is 8.29. The molecular weight excluding hydrogens is 330 g/mol. The molecule has 0 spiro atoms. The van der Waals surface area contributed by atoms with Crippen LogP contribution in [0.3, 0.4) is 0 Å². The predicted molar refractivity (Wildman–Crippen MR) is 91.7 cm³/mol. The first-order chi connectivity index (χ1) is 11.3. The standard InChI is InChI=1S/C16H15N3O4S/c1-10-3-8-14(16-15(10)11(2)9-17-16)18-24(22,23)13-6-4-12(5-7-13)19(20)21/h3-9,17-18H,1-2H3. The lowest BCUT2D eigenvalue weighted by Crippen LogP contribution is -2.13. The number of H-pyrrole nitrogens is 1. The van der Waals surface area contributed by atoms with Gasteiger partial charge in [-0.15, -0.1) is 0 Å². The van der Waals surface area contributed by atoms with Crippen LogP contribution in [-0.2, 0) is 10.0 Å². The van der Waals surface area contributed by atoms with Crippen LogP contribution in [0.4, 0.5) is 11.4 Å². The molecule has 3 rings (SSSR count). The van der Waals surface area contributed by atoms with Crippen LogP contribution < -0.4 is 4.72 Å². The molecular formula is C16H15N3O4S. The van der Waals surface area contributed by atoms with Crippen LogP contribution in [0.1, 0.15) is 11.1 Å². The van der Waals surface area contributed by atoms with E-state index < -0.39 is 14.9 Å². The summed E-state index contributed by atoms with van der Waals surface area (Å²) in [5.74, 6) is 0. The summed E-state index contributed by atoms with van der Waals surface area (Å²) in [5.41, 5.74) is 3.05. The number of benzene rings is 2. The number of aromatic amines is 1. The summed E-state index contributed by atoms with van der Waals surface area (Å²) in [5, 5.41) is 11.6. The molecule has 1 aromatic heterocycles. The van der Waals surface area contributed by atoms with E-state index in [1.807, 2.05) is 26.1 Å². The van der Waals surface area contributed by atoms with Gasteiger partial charge < -0.3 is 4.98 Å². The van der Waals surface area contributed by atoms with Crippen LogP contribution in [0, 0.1) is 24.0 Å². The fourth-order valence-corrected chi connectivity index (χ4v) is 3.73. The highest BCUT2D eigenvalue weighted by atomic mass is 32.2. The van der Waals surface area contributed by atoms with Gasteiger partial charge in [-0.3, -0.25) is 14.8 Å². The lowest BCUT2D eigenvalue weighted by molar-refractivity contribution is -0.384. The number of hydrogen-bond acceptors (Lipinski definition) is 4. The van der Waals surface area contributed by atoms with Crippen molar-refractivity contribution < 1.29 is 13.3 Å². The molecule has 0 aliphatic heterocycles. The Morgan fingerprint density at radius 1 is 1.04 bits per heavy atom. The Kier molecular flexibility index (Phi) is 3.76. The van der Waals surface area contributed by atoms with Gasteiger partial charge in [0.1, 0.15) is 0 Å². The van der Waals surface area contributed by atoms with Crippen LogP contribution in [0.25, 0.3) is 10.9 Å². The fourth-order valence-electron chi connectivity index (χ4n) is 2.65. The number of aromatic nitrogens is 1. The van der Waals surface area contributed by atoms with Crippen molar-refractivity contribution in [3.63, 3.8) is 0 Å². The first-order valence-corrected chi connectivity index (χ1v) is 8.62. The number of aryl methyl sites for hydroxylation is 2. The van der Waals surface area contributed by atoms with Gasteiger partial charge in [-0.25, -0.2) is 8.42 Å². The number of hydrogen-bond donors (Lipinski definition) is 2. The van der Waals surface area contributed by atoms with Crippen molar-refractivity contribution in [2.24, 2.45) is 0 Å². The molecule has 24 heavy (non-hydrogen) atoms. The van der Waals surface area contributed by atoms with Gasteiger partial charge in [0.05, 0.1) is 21.0 Å². The molecule has 3 aromatic rings. The van der Waals surface area contributed by atoms with Crippen molar-refractivity contribution in [3.8, 4) is 0 Å². The second-order valence-corrected chi connectivity index (χ2v) is 7.19. The monoisotopic (exact) mass is 345 g/mol. The normalized spacial score (nSPS) is 11.6. The molecule has 0 unspecified atom stereocenters. The van der Waals surface area contributed by atoms with Crippen molar-refractivity contribution in [2.75, 3.05) is 4.72 Å². The predicted octanol–water partition coefficient (Wildman–Crippen LogP) is 3.49. The lowest BCUT2D eigenvalue weighted by Gasteiger charge is -2.10. The molecule has 1 heterocycles. The average Bonchev–Trinajstić information content (AvgIpc) is 2.93. The van der Waals surface area contributed by atoms with E-state index in [9.17, 15) is 18.5 Å². The number of sulfonamides is 1. The van der Waals surface area contributed by atoms with Crippen LogP contribution in [0.5, 0.6) is 0 Å². The molecule has 0 radical (unpaired) electrons. The van der Waals surface area contributed by atoms with Crippen molar-refractivity contribution in [1.82, 2.24) is 4.98 Å². The zero-order valence-electron chi connectivity index (χ0n) is 13.0. The largest absolute Gasteiger partial charge is 0.359 e. The van der Waals surface area contributed by atoms with E-state index in [4.69, 9.17) is 0 Å². The highest BCUT2D eigenvalue weighted by Gasteiger charge is 2.18. The Bertz CT molecular complexity index is 1040. The molecule has 2 N–H and O–H groups in total. The number of fused-ring (bicyclic) bond motifs is 1. The Morgan fingerprint density at radius 2 is 1.71 bits per heavy atom. The van der Waals surface area contributed by atoms with E-state index >= 15 is 0 Å². The van der Waals surface area contributed by atoms with Crippen LogP contribution in [0.15, 0.2) is 47.5 Å². The Balaban J connectivity index is 2.01. The molecule has 8 heteroatoms. The molecule has 0 saturated heterocycles. The average molecular weight is 345 g/mol. The van der Waals surface area contributed by atoms with Crippen molar-refractivity contribution in [3.05, 3.63) is 63.8 Å². The van der Waals surface area contributed by atoms with Gasteiger partial charge in [-0.05, 0) is 43.2 Å². The first kappa shape index (κ1) is 16.0. The summed E-state index contributed by atoms with van der Waals surface area (Å²) < 4.78 is 27.6. The third-order valence-corrected chi connectivity index (χ3v) is 5.22. The maximum absolute atomic E-state index is 12.5. The zero-order chi connectivity index (χ0) is 17.5. The smallest absolute Gasteiger partial charge is 0.269 e. The van der Waals surface area contributed by atoms with E-state index in [2.05, 4.69) is 9.71 Å². The number of nitro groups is 1. The minimum atomic E-state index is -3.84. The quantitative estimate of drug-likeness (QED) is 0.557. The van der Waals surface area contributed by atoms with Gasteiger partial charge in [0.25, 0.3) is 15.7 Å². The van der Waals surface area contributed by atoms with Gasteiger partial charge in [-0.1, -0.05) is 6.07 Å². The lowest BCUT2D eigenvalue weighted by atomic mass is 10.1. The molecule has 7 nitrogen and oxygen atoms in total. The molecule has 0 saturated carbocycles. The number of rotatable bonds is 4. The number of non-ortho nitro benzene ring substituents is 1. The SMILES string of the molecule is Cc1ccc(NS(=O)(=O)c2ccc([N+](=O)[O-])cc2)c2[nH]cc(C)c12. The number of nitrogens with zero attached hydrogens (tertiary/aromatic N) is 1. The van der Waals surface area contributed by atoms with E-state index in [1.165, 1.54) is 12.1 Å². The van der Waals surface area contributed by atoms with E-state index in [1.54, 1.807) is 6.07 Å². The van der Waals surface area contributed by atoms with Crippen LogP contribution in [0.2, 0.25) is 0 Å². The first-order valence-electron chi connectivity index (χ1n) is 7.14. The van der Waals surface area contributed by atoms with Crippen molar-refractivity contribution >= 4 is 32.3 Å². The summed E-state index contributed by atoms with van der Waals surface area (Å²) in [7, 11) is -3.84. The summed E-state index contributed by atoms with van der Waals surface area (Å²) in [6.45, 7) is 3.90. The molecule has 0 aliphatic carbocycles. The number of anilines is 1. The Morgan fingerprint density at radius 3 is 2.33 bits per heavy atom. The van der Waals surface area contributed by atoms with E-state index in [-0.39, 0.29) is 10.6 Å². The fraction of sp³-hybridized carbons (Fsp3) is 0.125. The Hall–Kier alpha value is -2.87. The maximum Gasteiger partial charge on any atom is 0.269 e. The van der Waals surface area contributed by atoms with Crippen LogP contribution >= 0.6 is 0 Å². The minimum absolute atomic E-state index is 0.0369. The molecule has 0 atom stereocenters. The van der Waals surface area contributed by atoms with Crippen molar-refractivity contribution in [2.45, 2.75) is 18.7 Å². The topological polar surface area (TPSA) is 105 Å². The number of nitro benzene ring substituents is 1. The molecule has 2 aromatic carbocycles. The van der Waals surface area contributed by atoms with Gasteiger partial charge >= 0.3 is 0 Å². The van der Waals surface area contributed by atoms with E-state index in [0.717, 1.165) is 28.6 Å². The summed E-state index contributed by atoms with van der Waals surface area (Å²) in [4.78, 5) is 13.1.